The molecule has 1 aliphatic heterocycles. The highest BCUT2D eigenvalue weighted by molar-refractivity contribution is 5.96. The van der Waals surface area contributed by atoms with Gasteiger partial charge in [-0.15, -0.1) is 0 Å². The fraction of sp³-hybridized carbons (Fsp3) is 0.219. The van der Waals surface area contributed by atoms with Gasteiger partial charge in [0.2, 0.25) is 0 Å². The summed E-state index contributed by atoms with van der Waals surface area (Å²) in [5.74, 6) is 0.844. The summed E-state index contributed by atoms with van der Waals surface area (Å²) < 4.78 is 5.27. The van der Waals surface area contributed by atoms with Crippen molar-refractivity contribution in [2.45, 2.75) is 6.54 Å². The van der Waals surface area contributed by atoms with Crippen molar-refractivity contribution in [3.63, 3.8) is 0 Å². The van der Waals surface area contributed by atoms with Gasteiger partial charge in [0.05, 0.1) is 7.11 Å². The number of likely N-dealkylation sites (N-methyl/N-ethyl adjacent to an activating group) is 1. The number of nitrogens with one attached hydrogen (secondary N) is 2. The summed E-state index contributed by atoms with van der Waals surface area (Å²) in [6.45, 7) is 5.55. The lowest BCUT2D eigenvalue weighted by molar-refractivity contribution is 0.148. The molecule has 6 heteroatoms. The molecule has 6 rings (SSSR count). The highest BCUT2D eigenvalue weighted by Crippen LogP contribution is 2.33. The predicted octanol–water partition coefficient (Wildman–Crippen LogP) is 6.40. The standard InChI is InChI=1S/C32H33N5O/c1-36-14-16-37(17-15-36)22-23-6-8-24(9-7-23)26-19-30-31(21-34-32(30)33-20-26)25-4-3-5-28(18-25)35-27-10-12-29(38-2)13-11-27/h3-13,18-21,35H,14-17,22H2,1-2H3,(H,33,34). The van der Waals surface area contributed by atoms with Crippen LogP contribution in [0.2, 0.25) is 0 Å². The molecular weight excluding hydrogens is 470 g/mol. The molecule has 0 bridgehead atoms. The Morgan fingerprint density at radius 1 is 0.842 bits per heavy atom. The van der Waals surface area contributed by atoms with Crippen molar-refractivity contribution in [1.82, 2.24) is 19.8 Å². The molecule has 3 aromatic carbocycles. The number of H-pyrrole nitrogens is 1. The maximum absolute atomic E-state index is 5.27. The largest absolute Gasteiger partial charge is 0.497 e. The van der Waals surface area contributed by atoms with Crippen molar-refractivity contribution in [1.29, 1.82) is 0 Å². The smallest absolute Gasteiger partial charge is 0.137 e. The Bertz CT molecular complexity index is 1520. The average molecular weight is 504 g/mol. The molecule has 5 aromatic rings. The first-order valence-corrected chi connectivity index (χ1v) is 13.1. The van der Waals surface area contributed by atoms with Gasteiger partial charge in [-0.2, -0.15) is 0 Å². The Hall–Kier alpha value is -4.13. The molecule has 0 saturated carbocycles. The minimum atomic E-state index is 0.844. The van der Waals surface area contributed by atoms with Gasteiger partial charge in [0, 0.05) is 73.0 Å². The third-order valence-electron chi connectivity index (χ3n) is 7.37. The normalized spacial score (nSPS) is 14.6. The number of hydrogen-bond acceptors (Lipinski definition) is 5. The van der Waals surface area contributed by atoms with Gasteiger partial charge in [0.1, 0.15) is 11.4 Å². The lowest BCUT2D eigenvalue weighted by Crippen LogP contribution is -2.43. The third-order valence-corrected chi connectivity index (χ3v) is 7.37. The van der Waals surface area contributed by atoms with Crippen molar-refractivity contribution in [2.75, 3.05) is 45.7 Å². The van der Waals surface area contributed by atoms with E-state index in [0.29, 0.717) is 0 Å². The molecule has 0 spiro atoms. The van der Waals surface area contributed by atoms with Crippen molar-refractivity contribution in [2.24, 2.45) is 0 Å². The van der Waals surface area contributed by atoms with Crippen molar-refractivity contribution in [3.8, 4) is 28.0 Å². The number of fused-ring (bicyclic) bond motifs is 1. The van der Waals surface area contributed by atoms with Crippen molar-refractivity contribution >= 4 is 22.4 Å². The Kier molecular flexibility index (Phi) is 6.82. The number of rotatable bonds is 7. The summed E-state index contributed by atoms with van der Waals surface area (Å²) in [5, 5.41) is 4.61. The molecule has 0 radical (unpaired) electrons. The highest BCUT2D eigenvalue weighted by Gasteiger charge is 2.14. The number of methoxy groups -OCH3 is 1. The van der Waals surface area contributed by atoms with Crippen LogP contribution >= 0.6 is 0 Å². The van der Waals surface area contributed by atoms with E-state index in [1.165, 1.54) is 11.1 Å². The number of nitrogens with zero attached hydrogens (tertiary/aromatic N) is 3. The van der Waals surface area contributed by atoms with Gasteiger partial charge in [0.15, 0.2) is 0 Å². The van der Waals surface area contributed by atoms with Gasteiger partial charge in [0.25, 0.3) is 0 Å². The van der Waals surface area contributed by atoms with Gasteiger partial charge in [-0.25, -0.2) is 4.98 Å². The number of aromatic amines is 1. The van der Waals surface area contributed by atoms with E-state index in [9.17, 15) is 0 Å². The average Bonchev–Trinajstić information content (AvgIpc) is 3.39. The number of ether oxygens (including phenoxy) is 1. The summed E-state index contributed by atoms with van der Waals surface area (Å²) in [6, 6.07) is 27.6. The number of anilines is 2. The van der Waals surface area contributed by atoms with Crippen LogP contribution < -0.4 is 10.1 Å². The van der Waals surface area contributed by atoms with E-state index in [4.69, 9.17) is 9.72 Å². The summed E-state index contributed by atoms with van der Waals surface area (Å²) in [4.78, 5) is 13.0. The topological polar surface area (TPSA) is 56.4 Å². The van der Waals surface area contributed by atoms with Gasteiger partial charge in [-0.1, -0.05) is 36.4 Å². The van der Waals surface area contributed by atoms with Crippen molar-refractivity contribution < 1.29 is 4.74 Å². The lowest BCUT2D eigenvalue weighted by atomic mass is 10.0. The SMILES string of the molecule is COc1ccc(Nc2cccc(-c3c[nH]c4ncc(-c5ccc(CN6CCN(C)CC6)cc5)cc34)c2)cc1. The Labute approximate surface area is 223 Å². The molecule has 6 nitrogen and oxygen atoms in total. The molecule has 1 aliphatic rings. The van der Waals surface area contributed by atoms with Crippen LogP contribution in [0.5, 0.6) is 5.75 Å². The predicted molar refractivity (Wildman–Crippen MR) is 156 cm³/mol. The van der Waals surface area contributed by atoms with E-state index in [0.717, 1.165) is 77.6 Å². The maximum atomic E-state index is 5.27. The van der Waals surface area contributed by atoms with E-state index in [-0.39, 0.29) is 0 Å². The Morgan fingerprint density at radius 2 is 1.63 bits per heavy atom. The number of pyridine rings is 1. The van der Waals surface area contributed by atoms with E-state index < -0.39 is 0 Å². The van der Waals surface area contributed by atoms with Gasteiger partial charge >= 0.3 is 0 Å². The summed E-state index contributed by atoms with van der Waals surface area (Å²) in [7, 11) is 3.88. The third kappa shape index (κ3) is 5.28. The van der Waals surface area contributed by atoms with Crippen LogP contribution in [0.4, 0.5) is 11.4 Å². The van der Waals surface area contributed by atoms with Crippen LogP contribution in [-0.4, -0.2) is 60.1 Å². The van der Waals surface area contributed by atoms with Crippen LogP contribution in [0.3, 0.4) is 0 Å². The van der Waals surface area contributed by atoms with Crippen LogP contribution in [0.1, 0.15) is 5.56 Å². The molecule has 1 fully saturated rings. The van der Waals surface area contributed by atoms with Gasteiger partial charge in [-0.05, 0) is 66.2 Å². The molecule has 3 heterocycles. The second-order valence-corrected chi connectivity index (χ2v) is 10.0. The minimum Gasteiger partial charge on any atom is -0.497 e. The van der Waals surface area contributed by atoms with E-state index in [1.807, 2.05) is 36.7 Å². The zero-order valence-corrected chi connectivity index (χ0v) is 21.9. The molecular formula is C32H33N5O. The monoisotopic (exact) mass is 503 g/mol. The maximum Gasteiger partial charge on any atom is 0.137 e. The summed E-state index contributed by atoms with van der Waals surface area (Å²) >= 11 is 0. The zero-order chi connectivity index (χ0) is 25.9. The molecule has 2 N–H and O–H groups in total. The second kappa shape index (κ2) is 10.7. The number of benzene rings is 3. The molecule has 0 aliphatic carbocycles. The Balaban J connectivity index is 1.22. The number of aromatic nitrogens is 2. The van der Waals surface area contributed by atoms with Crippen LogP contribution in [0.25, 0.3) is 33.3 Å². The first-order valence-electron chi connectivity index (χ1n) is 13.1. The van der Waals surface area contributed by atoms with Crippen LogP contribution in [0.15, 0.2) is 91.3 Å². The molecule has 38 heavy (non-hydrogen) atoms. The molecule has 0 unspecified atom stereocenters. The lowest BCUT2D eigenvalue weighted by Gasteiger charge is -2.32. The fourth-order valence-corrected chi connectivity index (χ4v) is 5.07. The molecule has 1 saturated heterocycles. The van der Waals surface area contributed by atoms with Crippen LogP contribution in [-0.2, 0) is 6.54 Å². The quantitative estimate of drug-likeness (QED) is 0.269. The second-order valence-electron chi connectivity index (χ2n) is 10.0. The number of piperazine rings is 1. The number of hydrogen-bond donors (Lipinski definition) is 2. The molecule has 192 valence electrons. The van der Waals surface area contributed by atoms with Crippen LogP contribution in [0, 0.1) is 0 Å². The first kappa shape index (κ1) is 24.2. The summed E-state index contributed by atoms with van der Waals surface area (Å²) in [6.07, 6.45) is 4.01. The van der Waals surface area contributed by atoms with Gasteiger partial charge in [-0.3, -0.25) is 4.90 Å². The minimum absolute atomic E-state index is 0.844. The molecule has 0 atom stereocenters. The summed E-state index contributed by atoms with van der Waals surface area (Å²) in [5.41, 5.74) is 8.88. The van der Waals surface area contributed by atoms with E-state index in [1.54, 1.807) is 7.11 Å². The van der Waals surface area contributed by atoms with E-state index >= 15 is 0 Å². The Morgan fingerprint density at radius 3 is 2.39 bits per heavy atom. The van der Waals surface area contributed by atoms with E-state index in [2.05, 4.69) is 81.7 Å². The zero-order valence-electron chi connectivity index (χ0n) is 21.9. The fourth-order valence-electron chi connectivity index (χ4n) is 5.07. The highest BCUT2D eigenvalue weighted by atomic mass is 16.5. The molecule has 2 aromatic heterocycles. The molecule has 0 amide bonds. The van der Waals surface area contributed by atoms with Crippen molar-refractivity contribution in [3.05, 3.63) is 96.8 Å². The first-order chi connectivity index (χ1) is 18.6. The van der Waals surface area contributed by atoms with Gasteiger partial charge < -0.3 is 19.9 Å².